The zero-order valence-electron chi connectivity index (χ0n) is 9.82. The molecule has 1 N–H and O–H groups in total. The fourth-order valence-corrected chi connectivity index (χ4v) is 1.75. The number of ether oxygens (including phenoxy) is 2. The fraction of sp³-hybridized carbons (Fsp3) is 0.818. The molecule has 1 aliphatic heterocycles. The van der Waals surface area contributed by atoms with Gasteiger partial charge in [0.2, 0.25) is 0 Å². The second kappa shape index (κ2) is 6.48. The van der Waals surface area contributed by atoms with Crippen LogP contribution in [-0.4, -0.2) is 38.2 Å². The minimum Gasteiger partial charge on any atom is -0.466 e. The van der Waals surface area contributed by atoms with Crippen LogP contribution in [0.3, 0.4) is 0 Å². The maximum absolute atomic E-state index is 11.4. The molecule has 0 spiro atoms. The van der Waals surface area contributed by atoms with Gasteiger partial charge in [0.15, 0.2) is 6.10 Å². The molecule has 0 aliphatic carbocycles. The standard InChI is InChI=1S/C11H19NO4/c1-8(11(14)15-2)16-10(13)4-3-9-5-6-12-7-9/h8-9,12H,3-7H2,1-2H3. The Morgan fingerprint density at radius 1 is 1.50 bits per heavy atom. The Labute approximate surface area is 95.5 Å². The molecular weight excluding hydrogens is 210 g/mol. The van der Waals surface area contributed by atoms with E-state index in [2.05, 4.69) is 10.1 Å². The second-order valence-corrected chi connectivity index (χ2v) is 4.05. The SMILES string of the molecule is COC(=O)C(C)OC(=O)CCC1CCNC1. The monoisotopic (exact) mass is 229 g/mol. The summed E-state index contributed by atoms with van der Waals surface area (Å²) in [5.41, 5.74) is 0. The van der Waals surface area contributed by atoms with Crippen LogP contribution in [0.5, 0.6) is 0 Å². The highest BCUT2D eigenvalue weighted by molar-refractivity contribution is 5.78. The number of rotatable bonds is 5. The van der Waals surface area contributed by atoms with Crippen LogP contribution in [0.15, 0.2) is 0 Å². The van der Waals surface area contributed by atoms with Crippen molar-refractivity contribution in [3.8, 4) is 0 Å². The first-order valence-corrected chi connectivity index (χ1v) is 5.61. The van der Waals surface area contributed by atoms with Crippen molar-refractivity contribution in [2.75, 3.05) is 20.2 Å². The lowest BCUT2D eigenvalue weighted by Gasteiger charge is -2.12. The molecule has 1 aliphatic rings. The molecule has 0 aromatic carbocycles. The summed E-state index contributed by atoms with van der Waals surface area (Å²) in [6, 6.07) is 0. The lowest BCUT2D eigenvalue weighted by Crippen LogP contribution is -2.25. The summed E-state index contributed by atoms with van der Waals surface area (Å²) in [5, 5.41) is 3.24. The maximum atomic E-state index is 11.4. The predicted molar refractivity (Wildman–Crippen MR) is 57.8 cm³/mol. The van der Waals surface area contributed by atoms with E-state index in [9.17, 15) is 9.59 Å². The van der Waals surface area contributed by atoms with Crippen LogP contribution in [0, 0.1) is 5.92 Å². The van der Waals surface area contributed by atoms with E-state index in [-0.39, 0.29) is 5.97 Å². The largest absolute Gasteiger partial charge is 0.466 e. The van der Waals surface area contributed by atoms with Gasteiger partial charge < -0.3 is 14.8 Å². The normalized spacial score (nSPS) is 21.5. The quantitative estimate of drug-likeness (QED) is 0.695. The van der Waals surface area contributed by atoms with E-state index < -0.39 is 12.1 Å². The van der Waals surface area contributed by atoms with E-state index in [1.54, 1.807) is 0 Å². The second-order valence-electron chi connectivity index (χ2n) is 4.05. The molecule has 0 radical (unpaired) electrons. The van der Waals surface area contributed by atoms with E-state index in [0.29, 0.717) is 12.3 Å². The van der Waals surface area contributed by atoms with Crippen LogP contribution in [0.1, 0.15) is 26.2 Å². The molecule has 0 amide bonds. The van der Waals surface area contributed by atoms with Gasteiger partial charge in [-0.15, -0.1) is 0 Å². The third-order valence-electron chi connectivity index (χ3n) is 2.76. The minimum absolute atomic E-state index is 0.329. The van der Waals surface area contributed by atoms with Crippen molar-refractivity contribution in [2.45, 2.75) is 32.3 Å². The van der Waals surface area contributed by atoms with Gasteiger partial charge in [0, 0.05) is 6.42 Å². The first-order chi connectivity index (χ1) is 7.63. The Bertz CT molecular complexity index is 248. The summed E-state index contributed by atoms with van der Waals surface area (Å²) >= 11 is 0. The highest BCUT2D eigenvalue weighted by atomic mass is 16.6. The predicted octanol–water partition coefficient (Wildman–Crippen LogP) is 0.481. The highest BCUT2D eigenvalue weighted by Crippen LogP contribution is 2.14. The Kier molecular flexibility index (Phi) is 5.25. The number of carbonyl (C=O) groups excluding carboxylic acids is 2. The number of methoxy groups -OCH3 is 1. The number of hydrogen-bond donors (Lipinski definition) is 1. The first kappa shape index (κ1) is 13.0. The van der Waals surface area contributed by atoms with Crippen molar-refractivity contribution in [3.63, 3.8) is 0 Å². The summed E-state index contributed by atoms with van der Waals surface area (Å²) in [6.07, 6.45) is 1.49. The molecule has 2 atom stereocenters. The molecule has 5 heteroatoms. The zero-order valence-corrected chi connectivity index (χ0v) is 9.82. The van der Waals surface area contributed by atoms with Crippen LogP contribution in [0.4, 0.5) is 0 Å². The molecule has 0 aromatic rings. The molecular formula is C11H19NO4. The van der Waals surface area contributed by atoms with Gasteiger partial charge in [-0.1, -0.05) is 0 Å². The van der Waals surface area contributed by atoms with Crippen molar-refractivity contribution >= 4 is 11.9 Å². The number of esters is 2. The van der Waals surface area contributed by atoms with E-state index in [4.69, 9.17) is 4.74 Å². The maximum Gasteiger partial charge on any atom is 0.346 e. The third-order valence-corrected chi connectivity index (χ3v) is 2.76. The molecule has 1 heterocycles. The molecule has 5 nitrogen and oxygen atoms in total. The van der Waals surface area contributed by atoms with Gasteiger partial charge in [-0.3, -0.25) is 4.79 Å². The van der Waals surface area contributed by atoms with Crippen molar-refractivity contribution < 1.29 is 19.1 Å². The average Bonchev–Trinajstić information content (AvgIpc) is 2.78. The van der Waals surface area contributed by atoms with Gasteiger partial charge in [0.25, 0.3) is 0 Å². The van der Waals surface area contributed by atoms with Gasteiger partial charge in [0.1, 0.15) is 0 Å². The lowest BCUT2D eigenvalue weighted by molar-refractivity contribution is -0.164. The van der Waals surface area contributed by atoms with Crippen LogP contribution in [0.2, 0.25) is 0 Å². The van der Waals surface area contributed by atoms with E-state index in [0.717, 1.165) is 25.9 Å². The summed E-state index contributed by atoms with van der Waals surface area (Å²) in [6.45, 7) is 3.51. The van der Waals surface area contributed by atoms with Gasteiger partial charge in [-0.05, 0) is 38.8 Å². The van der Waals surface area contributed by atoms with Gasteiger partial charge in [-0.25, -0.2) is 4.79 Å². The van der Waals surface area contributed by atoms with E-state index >= 15 is 0 Å². The summed E-state index contributed by atoms with van der Waals surface area (Å²) in [5.74, 6) is -0.290. The Morgan fingerprint density at radius 3 is 2.81 bits per heavy atom. The molecule has 0 aromatic heterocycles. The molecule has 2 unspecified atom stereocenters. The minimum atomic E-state index is -0.806. The third kappa shape index (κ3) is 4.18. The Hall–Kier alpha value is -1.10. The molecule has 1 rings (SSSR count). The fourth-order valence-electron chi connectivity index (χ4n) is 1.75. The van der Waals surface area contributed by atoms with Crippen LogP contribution in [0.25, 0.3) is 0 Å². The highest BCUT2D eigenvalue weighted by Gasteiger charge is 2.20. The number of nitrogens with one attached hydrogen (secondary N) is 1. The van der Waals surface area contributed by atoms with E-state index in [1.807, 2.05) is 0 Å². The average molecular weight is 229 g/mol. The topological polar surface area (TPSA) is 64.6 Å². The molecule has 0 saturated carbocycles. The Balaban J connectivity index is 2.17. The zero-order chi connectivity index (χ0) is 12.0. The van der Waals surface area contributed by atoms with Crippen LogP contribution >= 0.6 is 0 Å². The summed E-state index contributed by atoms with van der Waals surface area (Å²) < 4.78 is 9.39. The van der Waals surface area contributed by atoms with Crippen molar-refractivity contribution in [1.82, 2.24) is 5.32 Å². The van der Waals surface area contributed by atoms with Crippen molar-refractivity contribution in [3.05, 3.63) is 0 Å². The molecule has 1 fully saturated rings. The van der Waals surface area contributed by atoms with E-state index in [1.165, 1.54) is 14.0 Å². The van der Waals surface area contributed by atoms with Gasteiger partial charge in [0.05, 0.1) is 7.11 Å². The van der Waals surface area contributed by atoms with Crippen molar-refractivity contribution in [1.29, 1.82) is 0 Å². The lowest BCUT2D eigenvalue weighted by atomic mass is 10.0. The summed E-state index contributed by atoms with van der Waals surface area (Å²) in [4.78, 5) is 22.4. The van der Waals surface area contributed by atoms with Gasteiger partial charge >= 0.3 is 11.9 Å². The van der Waals surface area contributed by atoms with Crippen LogP contribution in [-0.2, 0) is 19.1 Å². The molecule has 1 saturated heterocycles. The molecule has 16 heavy (non-hydrogen) atoms. The van der Waals surface area contributed by atoms with Crippen molar-refractivity contribution in [2.24, 2.45) is 5.92 Å². The molecule has 0 bridgehead atoms. The molecule has 92 valence electrons. The number of hydrogen-bond acceptors (Lipinski definition) is 5. The van der Waals surface area contributed by atoms with Gasteiger partial charge in [-0.2, -0.15) is 0 Å². The first-order valence-electron chi connectivity index (χ1n) is 5.61. The Morgan fingerprint density at radius 2 is 2.25 bits per heavy atom. The summed E-state index contributed by atoms with van der Waals surface area (Å²) in [7, 11) is 1.27. The number of carbonyl (C=O) groups is 2. The smallest absolute Gasteiger partial charge is 0.346 e. The van der Waals surface area contributed by atoms with Crippen LogP contribution < -0.4 is 5.32 Å².